The number of likely N-dealkylation sites (tertiary alicyclic amines) is 1. The monoisotopic (exact) mass is 297 g/mol. The average Bonchev–Trinajstić information content (AvgIpc) is 3.04. The van der Waals surface area contributed by atoms with Gasteiger partial charge < -0.3 is 10.2 Å². The molecule has 2 aromatic rings. The summed E-state index contributed by atoms with van der Waals surface area (Å²) in [5.41, 5.74) is 0.886. The Morgan fingerprint density at radius 2 is 1.95 bits per heavy atom. The highest BCUT2D eigenvalue weighted by Crippen LogP contribution is 2.13. The van der Waals surface area contributed by atoms with Crippen LogP contribution in [0.15, 0.2) is 43.1 Å². The van der Waals surface area contributed by atoms with E-state index < -0.39 is 0 Å². The van der Waals surface area contributed by atoms with Crippen molar-refractivity contribution in [2.24, 2.45) is 0 Å². The van der Waals surface area contributed by atoms with Crippen molar-refractivity contribution in [1.29, 1.82) is 0 Å². The molecular formula is C15H15N5O2. The van der Waals surface area contributed by atoms with E-state index in [2.05, 4.69) is 20.3 Å². The van der Waals surface area contributed by atoms with Crippen LogP contribution < -0.4 is 5.32 Å². The minimum atomic E-state index is -0.267. The molecule has 1 N–H and O–H groups in total. The number of nitrogens with zero attached hydrogens (tertiary/aromatic N) is 4. The summed E-state index contributed by atoms with van der Waals surface area (Å²) in [7, 11) is 0. The number of carbonyl (C=O) groups is 2. The molecular weight excluding hydrogens is 282 g/mol. The Kier molecular flexibility index (Phi) is 4.04. The SMILES string of the molecule is O=C(N[C@H]1CCN(C(=O)c2ccncc2)C1)c1cnccn1. The molecule has 3 rings (SSSR count). The van der Waals surface area contributed by atoms with Crippen LogP contribution in [0.25, 0.3) is 0 Å². The Balaban J connectivity index is 1.59. The lowest BCUT2D eigenvalue weighted by Crippen LogP contribution is -2.38. The van der Waals surface area contributed by atoms with Gasteiger partial charge in [0.05, 0.1) is 6.20 Å². The molecule has 2 aromatic heterocycles. The molecule has 0 radical (unpaired) electrons. The summed E-state index contributed by atoms with van der Waals surface area (Å²) < 4.78 is 0. The Labute approximate surface area is 127 Å². The summed E-state index contributed by atoms with van der Waals surface area (Å²) in [5, 5.41) is 2.88. The van der Waals surface area contributed by atoms with E-state index in [1.807, 2.05) is 0 Å². The number of rotatable bonds is 3. The zero-order valence-corrected chi connectivity index (χ0v) is 11.8. The Hall–Kier alpha value is -2.83. The van der Waals surface area contributed by atoms with Crippen molar-refractivity contribution in [2.75, 3.05) is 13.1 Å². The largest absolute Gasteiger partial charge is 0.346 e. The molecule has 3 heterocycles. The Morgan fingerprint density at radius 3 is 2.68 bits per heavy atom. The lowest BCUT2D eigenvalue weighted by Gasteiger charge is -2.17. The molecule has 1 aliphatic rings. The molecule has 0 saturated carbocycles. The van der Waals surface area contributed by atoms with E-state index in [0.29, 0.717) is 18.7 Å². The summed E-state index contributed by atoms with van der Waals surface area (Å²) in [6.07, 6.45) is 8.32. The standard InChI is InChI=1S/C15H15N5O2/c21-14(13-9-17-6-7-18-13)19-12-3-8-20(10-12)15(22)11-1-4-16-5-2-11/h1-2,4-7,9,12H,3,8,10H2,(H,19,21)/t12-/m0/s1. The molecule has 7 heteroatoms. The Bertz CT molecular complexity index is 662. The van der Waals surface area contributed by atoms with Crippen LogP contribution in [0.2, 0.25) is 0 Å². The maximum absolute atomic E-state index is 12.3. The van der Waals surface area contributed by atoms with Crippen LogP contribution in [-0.2, 0) is 0 Å². The van der Waals surface area contributed by atoms with Gasteiger partial charge in [0.25, 0.3) is 11.8 Å². The summed E-state index contributed by atoms with van der Waals surface area (Å²) in [4.78, 5) is 37.8. The van der Waals surface area contributed by atoms with Crippen molar-refractivity contribution in [3.63, 3.8) is 0 Å². The van der Waals surface area contributed by atoms with Gasteiger partial charge in [-0.1, -0.05) is 0 Å². The van der Waals surface area contributed by atoms with Crippen LogP contribution in [-0.4, -0.2) is 50.8 Å². The molecule has 2 amide bonds. The van der Waals surface area contributed by atoms with Crippen LogP contribution in [0.1, 0.15) is 27.3 Å². The number of hydrogen-bond acceptors (Lipinski definition) is 5. The van der Waals surface area contributed by atoms with Gasteiger partial charge in [0.1, 0.15) is 5.69 Å². The molecule has 0 unspecified atom stereocenters. The maximum atomic E-state index is 12.3. The summed E-state index contributed by atoms with van der Waals surface area (Å²) in [6.45, 7) is 1.11. The Morgan fingerprint density at radius 1 is 1.14 bits per heavy atom. The van der Waals surface area contributed by atoms with Crippen molar-refractivity contribution in [2.45, 2.75) is 12.5 Å². The fraction of sp³-hybridized carbons (Fsp3) is 0.267. The summed E-state index contributed by atoms with van der Waals surface area (Å²) >= 11 is 0. The number of amides is 2. The molecule has 7 nitrogen and oxygen atoms in total. The van der Waals surface area contributed by atoms with Gasteiger partial charge in [-0.15, -0.1) is 0 Å². The van der Waals surface area contributed by atoms with Crippen LogP contribution in [0.5, 0.6) is 0 Å². The smallest absolute Gasteiger partial charge is 0.271 e. The van der Waals surface area contributed by atoms with E-state index in [9.17, 15) is 9.59 Å². The summed E-state index contributed by atoms with van der Waals surface area (Å²) in [5.74, 6) is -0.310. The van der Waals surface area contributed by atoms with Gasteiger partial charge >= 0.3 is 0 Å². The van der Waals surface area contributed by atoms with Gasteiger partial charge in [0.2, 0.25) is 0 Å². The number of pyridine rings is 1. The van der Waals surface area contributed by atoms with Gasteiger partial charge in [-0.3, -0.25) is 19.6 Å². The second kappa shape index (κ2) is 6.30. The fourth-order valence-electron chi connectivity index (χ4n) is 2.42. The number of nitrogens with one attached hydrogen (secondary N) is 1. The third kappa shape index (κ3) is 3.08. The van der Waals surface area contributed by atoms with Crippen molar-refractivity contribution in [1.82, 2.24) is 25.2 Å². The van der Waals surface area contributed by atoms with E-state index in [1.54, 1.807) is 29.4 Å². The first-order valence-electron chi connectivity index (χ1n) is 7.00. The fourth-order valence-corrected chi connectivity index (χ4v) is 2.42. The minimum absolute atomic E-state index is 0.0429. The van der Waals surface area contributed by atoms with Crippen LogP contribution in [0.4, 0.5) is 0 Å². The second-order valence-electron chi connectivity index (χ2n) is 5.04. The van der Waals surface area contributed by atoms with E-state index in [4.69, 9.17) is 0 Å². The van der Waals surface area contributed by atoms with Gasteiger partial charge in [-0.2, -0.15) is 0 Å². The highest BCUT2D eigenvalue weighted by Gasteiger charge is 2.28. The van der Waals surface area contributed by atoms with Crippen LogP contribution >= 0.6 is 0 Å². The van der Waals surface area contributed by atoms with E-state index >= 15 is 0 Å². The second-order valence-corrected chi connectivity index (χ2v) is 5.04. The van der Waals surface area contributed by atoms with Crippen molar-refractivity contribution < 1.29 is 9.59 Å². The first-order valence-corrected chi connectivity index (χ1v) is 7.00. The van der Waals surface area contributed by atoms with E-state index in [0.717, 1.165) is 6.42 Å². The highest BCUT2D eigenvalue weighted by atomic mass is 16.2. The van der Waals surface area contributed by atoms with Gasteiger partial charge in [-0.25, -0.2) is 4.98 Å². The summed E-state index contributed by atoms with van der Waals surface area (Å²) in [6, 6.07) is 3.31. The molecule has 112 valence electrons. The molecule has 0 aromatic carbocycles. The van der Waals surface area contributed by atoms with Crippen molar-refractivity contribution in [3.05, 3.63) is 54.4 Å². The third-order valence-corrected chi connectivity index (χ3v) is 3.53. The lowest BCUT2D eigenvalue weighted by molar-refractivity contribution is 0.0783. The van der Waals surface area contributed by atoms with Gasteiger partial charge in [0.15, 0.2) is 0 Å². The van der Waals surface area contributed by atoms with E-state index in [1.165, 1.54) is 18.6 Å². The molecule has 1 saturated heterocycles. The average molecular weight is 297 g/mol. The quantitative estimate of drug-likeness (QED) is 0.892. The molecule has 1 aliphatic heterocycles. The normalized spacial score (nSPS) is 17.3. The lowest BCUT2D eigenvalue weighted by atomic mass is 10.2. The van der Waals surface area contributed by atoms with Gasteiger partial charge in [-0.05, 0) is 18.6 Å². The molecule has 1 fully saturated rings. The predicted molar refractivity (Wildman–Crippen MR) is 78.0 cm³/mol. The maximum Gasteiger partial charge on any atom is 0.271 e. The number of hydrogen-bond donors (Lipinski definition) is 1. The first-order chi connectivity index (χ1) is 10.7. The third-order valence-electron chi connectivity index (χ3n) is 3.53. The molecule has 0 bridgehead atoms. The zero-order chi connectivity index (χ0) is 15.4. The predicted octanol–water partition coefficient (Wildman–Crippen LogP) is 0.516. The van der Waals surface area contributed by atoms with Gasteiger partial charge in [0, 0.05) is 49.5 Å². The molecule has 1 atom stereocenters. The number of aromatic nitrogens is 3. The number of carbonyl (C=O) groups excluding carboxylic acids is 2. The topological polar surface area (TPSA) is 88.1 Å². The highest BCUT2D eigenvalue weighted by molar-refractivity contribution is 5.94. The van der Waals surface area contributed by atoms with Crippen molar-refractivity contribution in [3.8, 4) is 0 Å². The molecule has 0 spiro atoms. The molecule has 0 aliphatic carbocycles. The van der Waals surface area contributed by atoms with Crippen LogP contribution in [0.3, 0.4) is 0 Å². The first kappa shape index (κ1) is 14.1. The molecule has 22 heavy (non-hydrogen) atoms. The zero-order valence-electron chi connectivity index (χ0n) is 11.8. The van der Waals surface area contributed by atoms with E-state index in [-0.39, 0.29) is 23.6 Å². The van der Waals surface area contributed by atoms with Crippen LogP contribution in [0, 0.1) is 0 Å². The van der Waals surface area contributed by atoms with Crippen molar-refractivity contribution >= 4 is 11.8 Å². The minimum Gasteiger partial charge on any atom is -0.346 e.